The number of nitrogens with zero attached hydrogens (tertiary/aromatic N) is 5. The van der Waals surface area contributed by atoms with Gasteiger partial charge in [-0.15, -0.1) is 0 Å². The van der Waals surface area contributed by atoms with Gasteiger partial charge in [-0.1, -0.05) is 23.4 Å². The molecule has 0 aromatic carbocycles. The van der Waals surface area contributed by atoms with Crippen molar-refractivity contribution in [1.82, 2.24) is 25.1 Å². The average molecular weight is 483 g/mol. The number of halogens is 1. The van der Waals surface area contributed by atoms with Gasteiger partial charge in [-0.05, 0) is 19.8 Å². The molecule has 4 rings (SSSR count). The molecule has 1 aromatic heterocycles. The Labute approximate surface area is 198 Å². The summed E-state index contributed by atoms with van der Waals surface area (Å²) < 4.78 is 5.33. The van der Waals surface area contributed by atoms with Gasteiger partial charge in [0.05, 0.1) is 19.0 Å². The van der Waals surface area contributed by atoms with E-state index in [0.29, 0.717) is 36.5 Å². The summed E-state index contributed by atoms with van der Waals surface area (Å²) in [5.41, 5.74) is 0. The van der Waals surface area contributed by atoms with Gasteiger partial charge in [0.1, 0.15) is 11.0 Å². The van der Waals surface area contributed by atoms with Gasteiger partial charge >= 0.3 is 0 Å². The number of anilines is 1. The number of piperazine rings is 1. The Hall–Kier alpha value is -1.62. The summed E-state index contributed by atoms with van der Waals surface area (Å²) in [6.45, 7) is 8.94. The average Bonchev–Trinajstić information content (AvgIpc) is 3.63. The molecule has 2 amide bonds. The first-order valence-electron chi connectivity index (χ1n) is 11.3. The van der Waals surface area contributed by atoms with Crippen LogP contribution < -0.4 is 10.2 Å². The van der Waals surface area contributed by atoms with Crippen molar-refractivity contribution < 1.29 is 14.3 Å². The number of hydrogen-bond donors (Lipinski definition) is 1. The number of aromatic nitrogens is 2. The summed E-state index contributed by atoms with van der Waals surface area (Å²) in [6, 6.07) is 1.87. The van der Waals surface area contributed by atoms with E-state index in [0.717, 1.165) is 51.5 Å². The van der Waals surface area contributed by atoms with Crippen molar-refractivity contribution in [2.45, 2.75) is 31.0 Å². The van der Waals surface area contributed by atoms with Crippen molar-refractivity contribution >= 4 is 41.0 Å². The molecular formula is C21H31ClN6O3S. The lowest BCUT2D eigenvalue weighted by Crippen LogP contribution is -2.54. The van der Waals surface area contributed by atoms with E-state index >= 15 is 0 Å². The van der Waals surface area contributed by atoms with Crippen LogP contribution >= 0.6 is 23.4 Å². The number of morpholine rings is 1. The maximum atomic E-state index is 12.4. The highest BCUT2D eigenvalue weighted by atomic mass is 35.5. The second-order valence-electron chi connectivity index (χ2n) is 8.53. The third-order valence-corrected chi connectivity index (χ3v) is 7.05. The lowest BCUT2D eigenvalue weighted by molar-refractivity contribution is -0.135. The van der Waals surface area contributed by atoms with Crippen LogP contribution in [0.5, 0.6) is 0 Å². The van der Waals surface area contributed by atoms with Gasteiger partial charge < -0.3 is 19.9 Å². The Morgan fingerprint density at radius 3 is 2.72 bits per heavy atom. The monoisotopic (exact) mass is 482 g/mol. The summed E-state index contributed by atoms with van der Waals surface area (Å²) in [5, 5.41) is 3.79. The maximum Gasteiger partial charge on any atom is 0.230 e. The van der Waals surface area contributed by atoms with Gasteiger partial charge in [0.15, 0.2) is 5.16 Å². The zero-order chi connectivity index (χ0) is 22.5. The molecule has 1 N–H and O–H groups in total. The van der Waals surface area contributed by atoms with Crippen LogP contribution in [0.4, 0.5) is 5.82 Å². The topological polar surface area (TPSA) is 90.9 Å². The van der Waals surface area contributed by atoms with E-state index in [1.165, 1.54) is 11.8 Å². The summed E-state index contributed by atoms with van der Waals surface area (Å²) in [6.07, 6.45) is 2.04. The van der Waals surface area contributed by atoms with E-state index in [-0.39, 0.29) is 29.5 Å². The number of thioether (sulfide) groups is 1. The van der Waals surface area contributed by atoms with E-state index in [4.69, 9.17) is 16.3 Å². The molecule has 0 bridgehead atoms. The fraction of sp³-hybridized carbons (Fsp3) is 0.714. The Morgan fingerprint density at radius 1 is 1.22 bits per heavy atom. The number of carbonyl (C=O) groups excluding carboxylic acids is 2. The van der Waals surface area contributed by atoms with Crippen LogP contribution in [0.3, 0.4) is 0 Å². The fourth-order valence-electron chi connectivity index (χ4n) is 4.03. The second kappa shape index (κ2) is 11.0. The zero-order valence-electron chi connectivity index (χ0n) is 18.5. The van der Waals surface area contributed by atoms with E-state index < -0.39 is 0 Å². The maximum absolute atomic E-state index is 12.4. The van der Waals surface area contributed by atoms with Gasteiger partial charge in [0, 0.05) is 63.8 Å². The highest BCUT2D eigenvalue weighted by Gasteiger charge is 2.37. The predicted molar refractivity (Wildman–Crippen MR) is 124 cm³/mol. The molecule has 0 radical (unpaired) electrons. The number of nitrogens with one attached hydrogen (secondary N) is 1. The molecule has 1 saturated carbocycles. The number of rotatable bonds is 8. The summed E-state index contributed by atoms with van der Waals surface area (Å²) in [5.74, 6) is 1.46. The lowest BCUT2D eigenvalue weighted by atomic mass is 10.1. The molecule has 1 aliphatic carbocycles. The zero-order valence-corrected chi connectivity index (χ0v) is 20.0. The van der Waals surface area contributed by atoms with Crippen molar-refractivity contribution in [3.63, 3.8) is 0 Å². The highest BCUT2D eigenvalue weighted by molar-refractivity contribution is 7.99. The van der Waals surface area contributed by atoms with Gasteiger partial charge in [0.25, 0.3) is 0 Å². The van der Waals surface area contributed by atoms with Crippen LogP contribution in [0, 0.1) is 5.92 Å². The molecule has 1 aromatic rings. The normalized spacial score (nSPS) is 22.1. The SMILES string of the molecule is CC1CN(c2cc(Cl)nc(SCC(=O)NCCN3CCOCC3)n2)CCN1C(=O)C1CC1. The van der Waals surface area contributed by atoms with Crippen LogP contribution in [0.1, 0.15) is 19.8 Å². The fourth-order valence-corrected chi connectivity index (χ4v) is 4.94. The molecule has 11 heteroatoms. The number of carbonyl (C=O) groups is 2. The van der Waals surface area contributed by atoms with Crippen molar-refractivity contribution in [1.29, 1.82) is 0 Å². The molecule has 1 atom stereocenters. The van der Waals surface area contributed by atoms with Crippen LogP contribution in [-0.4, -0.2) is 102 Å². The minimum atomic E-state index is -0.0470. The van der Waals surface area contributed by atoms with Gasteiger partial charge in [0.2, 0.25) is 11.8 Å². The summed E-state index contributed by atoms with van der Waals surface area (Å²) >= 11 is 7.53. The first kappa shape index (κ1) is 23.5. The van der Waals surface area contributed by atoms with Crippen LogP contribution in [-0.2, 0) is 14.3 Å². The Kier molecular flexibility index (Phi) is 8.09. The minimum Gasteiger partial charge on any atom is -0.379 e. The van der Waals surface area contributed by atoms with Crippen LogP contribution in [0.25, 0.3) is 0 Å². The molecule has 3 fully saturated rings. The van der Waals surface area contributed by atoms with Gasteiger partial charge in [-0.2, -0.15) is 0 Å². The smallest absolute Gasteiger partial charge is 0.230 e. The molecule has 3 heterocycles. The molecule has 176 valence electrons. The second-order valence-corrected chi connectivity index (χ2v) is 9.85. The van der Waals surface area contributed by atoms with Crippen molar-refractivity contribution in [3.05, 3.63) is 11.2 Å². The predicted octanol–water partition coefficient (Wildman–Crippen LogP) is 1.12. The van der Waals surface area contributed by atoms with Crippen LogP contribution in [0.15, 0.2) is 11.2 Å². The Bertz CT molecular complexity index is 821. The van der Waals surface area contributed by atoms with Gasteiger partial charge in [-0.3, -0.25) is 14.5 Å². The van der Waals surface area contributed by atoms with E-state index in [9.17, 15) is 9.59 Å². The number of amides is 2. The number of ether oxygens (including phenoxy) is 1. The molecule has 3 aliphatic rings. The third kappa shape index (κ3) is 6.46. The van der Waals surface area contributed by atoms with Gasteiger partial charge in [-0.25, -0.2) is 9.97 Å². The van der Waals surface area contributed by atoms with E-state index in [2.05, 4.69) is 32.0 Å². The third-order valence-electron chi connectivity index (χ3n) is 6.01. The first-order valence-corrected chi connectivity index (χ1v) is 12.7. The standard InChI is InChI=1S/C21H31ClN6O3S/c1-15-13-27(6-7-28(15)20(30)16-2-3-16)18-12-17(22)24-21(25-18)32-14-19(29)23-4-5-26-8-10-31-11-9-26/h12,15-16H,2-11,13-14H2,1H3,(H,23,29). The molecule has 2 aliphatic heterocycles. The first-order chi connectivity index (χ1) is 15.5. The van der Waals surface area contributed by atoms with Crippen molar-refractivity contribution in [2.75, 3.05) is 69.7 Å². The molecule has 32 heavy (non-hydrogen) atoms. The van der Waals surface area contributed by atoms with Crippen molar-refractivity contribution in [2.24, 2.45) is 5.92 Å². The minimum absolute atomic E-state index is 0.0470. The molecule has 2 saturated heterocycles. The highest BCUT2D eigenvalue weighted by Crippen LogP contribution is 2.32. The Morgan fingerprint density at radius 2 is 2.00 bits per heavy atom. The van der Waals surface area contributed by atoms with E-state index in [1.54, 1.807) is 6.07 Å². The molecule has 9 nitrogen and oxygen atoms in total. The quantitative estimate of drug-likeness (QED) is 0.335. The molecule has 1 unspecified atom stereocenters. The van der Waals surface area contributed by atoms with Crippen LogP contribution in [0.2, 0.25) is 5.15 Å². The van der Waals surface area contributed by atoms with Crippen molar-refractivity contribution in [3.8, 4) is 0 Å². The number of hydrogen-bond acceptors (Lipinski definition) is 8. The largest absolute Gasteiger partial charge is 0.379 e. The molecule has 0 spiro atoms. The summed E-state index contributed by atoms with van der Waals surface area (Å²) in [4.78, 5) is 40.0. The lowest BCUT2D eigenvalue weighted by Gasteiger charge is -2.40. The van der Waals surface area contributed by atoms with E-state index in [1.807, 2.05) is 4.90 Å². The molecular weight excluding hydrogens is 452 g/mol. The Balaban J connectivity index is 1.25. The summed E-state index contributed by atoms with van der Waals surface area (Å²) in [7, 11) is 0.